The molecule has 1 fully saturated rings. The highest BCUT2D eigenvalue weighted by Gasteiger charge is 2.39. The zero-order chi connectivity index (χ0) is 39.8. The van der Waals surface area contributed by atoms with E-state index in [1.54, 1.807) is 0 Å². The predicted octanol–water partition coefficient (Wildman–Crippen LogP) is -1.25. The highest BCUT2D eigenvalue weighted by atomic mass is 32.2. The number of hydrogen-bond donors (Lipinski definition) is 6. The number of rotatable bonds is 31. The van der Waals surface area contributed by atoms with Gasteiger partial charge in [-0.1, -0.05) is 0 Å². The number of carboxylic acids is 3. The Balaban J connectivity index is 2.22. The molecule has 0 radical (unpaired) electrons. The molecule has 5 amide bonds. The van der Waals surface area contributed by atoms with Crippen LogP contribution in [0.2, 0.25) is 6.04 Å². The fourth-order valence-corrected chi connectivity index (χ4v) is 8.03. The van der Waals surface area contributed by atoms with E-state index in [9.17, 15) is 43.5 Å². The number of ether oxygens (including phenoxy) is 1. The van der Waals surface area contributed by atoms with Crippen molar-refractivity contribution in [1.82, 2.24) is 25.8 Å². The Labute approximate surface area is 313 Å². The first-order valence-electron chi connectivity index (χ1n) is 17.1. The summed E-state index contributed by atoms with van der Waals surface area (Å²) in [7, 11) is 1.89. The second-order valence-corrected chi connectivity index (χ2v) is 16.2. The van der Waals surface area contributed by atoms with Crippen molar-refractivity contribution < 1.29 is 71.7 Å². The average Bonchev–Trinajstić information content (AvgIpc) is 3.37. The number of aliphatic carboxylic acids is 3. The summed E-state index contributed by atoms with van der Waals surface area (Å²) in [5, 5.41) is 34.8. The van der Waals surface area contributed by atoms with Crippen molar-refractivity contribution in [3.63, 3.8) is 0 Å². The van der Waals surface area contributed by atoms with Crippen molar-refractivity contribution >= 4 is 68.0 Å². The van der Waals surface area contributed by atoms with Gasteiger partial charge in [-0.25, -0.2) is 0 Å². The molecule has 0 spiro atoms. The number of thioether (sulfide) groups is 1. The summed E-state index contributed by atoms with van der Waals surface area (Å²) in [5.74, 6) is -5.52. The van der Waals surface area contributed by atoms with Gasteiger partial charge in [0.05, 0.1) is 31.6 Å². The first kappa shape index (κ1) is 47.3. The van der Waals surface area contributed by atoms with Crippen LogP contribution in [0.1, 0.15) is 51.4 Å². The lowest BCUT2D eigenvalue weighted by Gasteiger charge is -2.25. The van der Waals surface area contributed by atoms with Crippen molar-refractivity contribution in [3.05, 3.63) is 0 Å². The molecule has 0 saturated carbocycles. The first-order valence-corrected chi connectivity index (χ1v) is 20.1. The molecule has 0 aliphatic carbocycles. The molecule has 1 aliphatic rings. The van der Waals surface area contributed by atoms with E-state index in [0.717, 1.165) is 21.6 Å². The molecule has 2 unspecified atom stereocenters. The van der Waals surface area contributed by atoms with Gasteiger partial charge in [-0.2, -0.15) is 0 Å². The maximum atomic E-state index is 12.7. The first-order chi connectivity index (χ1) is 25.2. The SMILES string of the molecule is CO[Si](CCCNC(=O)CCOCCNC(=O)CCN1C(=O)CC(SCCC(=O)NCCCCC(C(=O)O)N(CC(=O)O)CC(=O)O)C1=O)(OC)OC. The Morgan fingerprint density at radius 1 is 0.811 bits per heavy atom. The third-order valence-electron chi connectivity index (χ3n) is 8.00. The van der Waals surface area contributed by atoms with Gasteiger partial charge >= 0.3 is 26.7 Å². The number of amides is 5. The zero-order valence-electron chi connectivity index (χ0n) is 30.4. The van der Waals surface area contributed by atoms with Crippen molar-refractivity contribution in [2.75, 3.05) is 79.6 Å². The smallest absolute Gasteiger partial charge is 0.480 e. The molecule has 0 bridgehead atoms. The number of unbranched alkanes of at least 4 members (excludes halogenated alkanes) is 1. The van der Waals surface area contributed by atoms with Crippen molar-refractivity contribution in [2.24, 2.45) is 0 Å². The van der Waals surface area contributed by atoms with E-state index < -0.39 is 62.9 Å². The van der Waals surface area contributed by atoms with Gasteiger partial charge in [-0.3, -0.25) is 48.2 Å². The quantitative estimate of drug-likeness (QED) is 0.0272. The molecule has 1 saturated heterocycles. The summed E-state index contributed by atoms with van der Waals surface area (Å²) in [6, 6.07) is -0.756. The lowest BCUT2D eigenvalue weighted by Crippen LogP contribution is -2.46. The monoisotopic (exact) mass is 795 g/mol. The van der Waals surface area contributed by atoms with E-state index in [1.165, 1.54) is 21.3 Å². The van der Waals surface area contributed by atoms with Crippen molar-refractivity contribution in [2.45, 2.75) is 68.7 Å². The zero-order valence-corrected chi connectivity index (χ0v) is 32.2. The van der Waals surface area contributed by atoms with Gasteiger partial charge in [0.2, 0.25) is 29.5 Å². The summed E-state index contributed by atoms with van der Waals surface area (Å²) in [6.45, 7) is -0.420. The summed E-state index contributed by atoms with van der Waals surface area (Å²) < 4.78 is 21.4. The molecule has 22 heteroatoms. The molecule has 6 N–H and O–H groups in total. The van der Waals surface area contributed by atoms with Gasteiger partial charge in [0.1, 0.15) is 6.04 Å². The van der Waals surface area contributed by atoms with Crippen molar-refractivity contribution in [3.8, 4) is 0 Å². The van der Waals surface area contributed by atoms with Crippen LogP contribution in [-0.4, -0.2) is 172 Å². The maximum absolute atomic E-state index is 12.7. The van der Waals surface area contributed by atoms with Crippen LogP contribution in [0.4, 0.5) is 0 Å². The summed E-state index contributed by atoms with van der Waals surface area (Å²) in [5.41, 5.74) is 0. The van der Waals surface area contributed by atoms with E-state index in [1.807, 2.05) is 0 Å². The highest BCUT2D eigenvalue weighted by Crippen LogP contribution is 2.26. The molecule has 1 heterocycles. The fourth-order valence-electron chi connectivity index (χ4n) is 5.19. The molecule has 2 atom stereocenters. The van der Waals surface area contributed by atoms with Gasteiger partial charge in [-0.15, -0.1) is 11.8 Å². The third-order valence-corrected chi connectivity index (χ3v) is 12.0. The molecule has 1 aliphatic heterocycles. The van der Waals surface area contributed by atoms with Gasteiger partial charge in [0.15, 0.2) is 0 Å². The Morgan fingerprint density at radius 3 is 1.96 bits per heavy atom. The molecule has 0 aromatic carbocycles. The van der Waals surface area contributed by atoms with Crippen LogP contribution in [0, 0.1) is 0 Å². The van der Waals surface area contributed by atoms with Crippen LogP contribution in [0.15, 0.2) is 0 Å². The van der Waals surface area contributed by atoms with Gasteiger partial charge in [0.25, 0.3) is 0 Å². The molecule has 0 aromatic heterocycles. The summed E-state index contributed by atoms with van der Waals surface area (Å²) in [6.07, 6.45) is 1.32. The highest BCUT2D eigenvalue weighted by molar-refractivity contribution is 8.00. The predicted molar refractivity (Wildman–Crippen MR) is 190 cm³/mol. The molecule has 20 nitrogen and oxygen atoms in total. The Morgan fingerprint density at radius 2 is 1.38 bits per heavy atom. The Bertz CT molecular complexity index is 1220. The average molecular weight is 796 g/mol. The lowest BCUT2D eigenvalue weighted by atomic mass is 10.1. The largest absolute Gasteiger partial charge is 0.500 e. The number of imide groups is 1. The number of nitrogens with one attached hydrogen (secondary N) is 3. The van der Waals surface area contributed by atoms with Crippen LogP contribution in [-0.2, 0) is 56.4 Å². The summed E-state index contributed by atoms with van der Waals surface area (Å²) in [4.78, 5) is 97.1. The van der Waals surface area contributed by atoms with Crippen molar-refractivity contribution in [1.29, 1.82) is 0 Å². The number of carbonyl (C=O) groups excluding carboxylic acids is 5. The number of carbonyl (C=O) groups is 8. The van der Waals surface area contributed by atoms with Gasteiger partial charge in [0, 0.05) is 85.0 Å². The second-order valence-electron chi connectivity index (χ2n) is 11.8. The number of nitrogens with zero attached hydrogens (tertiary/aromatic N) is 2. The van der Waals surface area contributed by atoms with E-state index in [2.05, 4.69) is 16.0 Å². The Hall–Kier alpha value is -3.67. The Kier molecular flexibility index (Phi) is 23.4. The molecule has 1 rings (SSSR count). The third kappa shape index (κ3) is 19.3. The van der Waals surface area contributed by atoms with E-state index in [-0.39, 0.29) is 94.8 Å². The summed E-state index contributed by atoms with van der Waals surface area (Å²) >= 11 is 1.16. The maximum Gasteiger partial charge on any atom is 0.500 e. The number of likely N-dealkylation sites (tertiary alicyclic amines) is 1. The number of hydrogen-bond acceptors (Lipinski definition) is 14. The molecule has 302 valence electrons. The normalized spacial score (nSPS) is 15.0. The topological polar surface area (TPSA) is 277 Å². The number of carboxylic acid groups (broad SMARTS) is 3. The molecular formula is C31H53N5O15SSi. The van der Waals surface area contributed by atoms with E-state index >= 15 is 0 Å². The molecule has 0 aromatic rings. The van der Waals surface area contributed by atoms with Crippen LogP contribution >= 0.6 is 11.8 Å². The lowest BCUT2D eigenvalue weighted by molar-refractivity contribution is -0.150. The fraction of sp³-hybridized carbons (Fsp3) is 0.742. The van der Waals surface area contributed by atoms with Crippen LogP contribution in [0.3, 0.4) is 0 Å². The minimum Gasteiger partial charge on any atom is -0.480 e. The molecular weight excluding hydrogens is 743 g/mol. The van der Waals surface area contributed by atoms with Gasteiger partial charge < -0.3 is 49.3 Å². The minimum absolute atomic E-state index is 0.0150. The van der Waals surface area contributed by atoms with E-state index in [0.29, 0.717) is 25.4 Å². The molecule has 53 heavy (non-hydrogen) atoms. The van der Waals surface area contributed by atoms with Gasteiger partial charge in [-0.05, 0) is 25.7 Å². The van der Waals surface area contributed by atoms with E-state index in [4.69, 9.17) is 28.2 Å². The van der Waals surface area contributed by atoms with Crippen LogP contribution < -0.4 is 16.0 Å². The second kappa shape index (κ2) is 26.2. The van der Waals surface area contributed by atoms with Crippen LogP contribution in [0.5, 0.6) is 0 Å². The standard InChI is InChI=1S/C31H53N5O15SSi/c1-48-53(49-2,50-3)18-6-12-33-25(38)9-15-51-16-13-34-24(37)8-14-36-27(40)19-23(30(36)45)52-17-10-26(39)32-11-5-4-7-22(31(46)47)35(20-28(41)42)21-29(43)44/h22-23H,4-21H2,1-3H3,(H,32,39)(H,33,38)(H,34,37)(H,41,42)(H,43,44)(H,46,47). The van der Waals surface area contributed by atoms with Crippen LogP contribution in [0.25, 0.3) is 0 Å². The minimum atomic E-state index is -2.68.